The van der Waals surface area contributed by atoms with Gasteiger partial charge < -0.3 is 10.5 Å². The van der Waals surface area contributed by atoms with E-state index in [1.807, 2.05) is 0 Å². The summed E-state index contributed by atoms with van der Waals surface area (Å²) >= 11 is 0. The summed E-state index contributed by atoms with van der Waals surface area (Å²) in [5, 5.41) is 0. The van der Waals surface area contributed by atoms with Crippen molar-refractivity contribution in [2.75, 3.05) is 32.8 Å². The van der Waals surface area contributed by atoms with E-state index >= 15 is 0 Å². The molecule has 1 saturated heterocycles. The molecular weight excluding hydrogens is 231 g/mol. The highest BCUT2D eigenvalue weighted by molar-refractivity contribution is 5.21. The maximum Gasteiger partial charge on any atom is 0.123 e. The fraction of sp³-hybridized carbons (Fsp3) is 0.571. The average molecular weight is 252 g/mol. The number of ether oxygens (including phenoxy) is 1. The van der Waals surface area contributed by atoms with Crippen molar-refractivity contribution in [1.29, 1.82) is 0 Å². The van der Waals surface area contributed by atoms with Crippen molar-refractivity contribution in [2.24, 2.45) is 11.7 Å². The van der Waals surface area contributed by atoms with E-state index in [4.69, 9.17) is 10.5 Å². The Labute approximate surface area is 108 Å². The molecule has 2 rings (SSSR count). The molecule has 1 unspecified atom stereocenters. The van der Waals surface area contributed by atoms with Crippen molar-refractivity contribution in [3.63, 3.8) is 0 Å². The summed E-state index contributed by atoms with van der Waals surface area (Å²) < 4.78 is 18.3. The number of nitrogens with zero attached hydrogens (tertiary/aromatic N) is 1. The molecule has 1 aliphatic rings. The van der Waals surface area contributed by atoms with Gasteiger partial charge in [0, 0.05) is 13.1 Å². The first-order valence-corrected chi connectivity index (χ1v) is 6.58. The van der Waals surface area contributed by atoms with E-state index in [0.29, 0.717) is 12.5 Å². The Hall–Kier alpha value is -1.13. The van der Waals surface area contributed by atoms with Crippen LogP contribution < -0.4 is 10.5 Å². The minimum Gasteiger partial charge on any atom is -0.492 e. The van der Waals surface area contributed by atoms with E-state index in [0.717, 1.165) is 31.9 Å². The molecule has 1 aromatic rings. The van der Waals surface area contributed by atoms with Crippen LogP contribution in [0, 0.1) is 11.7 Å². The summed E-state index contributed by atoms with van der Waals surface area (Å²) in [5.41, 5.74) is 5.71. The van der Waals surface area contributed by atoms with Crippen molar-refractivity contribution in [1.82, 2.24) is 4.90 Å². The number of piperidine rings is 1. The van der Waals surface area contributed by atoms with Crippen molar-refractivity contribution >= 4 is 0 Å². The van der Waals surface area contributed by atoms with Crippen LogP contribution in [0.15, 0.2) is 24.3 Å². The van der Waals surface area contributed by atoms with E-state index in [9.17, 15) is 4.39 Å². The summed E-state index contributed by atoms with van der Waals surface area (Å²) in [6, 6.07) is 6.16. The van der Waals surface area contributed by atoms with Crippen LogP contribution in [0.2, 0.25) is 0 Å². The minimum absolute atomic E-state index is 0.232. The lowest BCUT2D eigenvalue weighted by Gasteiger charge is -2.31. The fourth-order valence-electron chi connectivity index (χ4n) is 2.37. The first-order chi connectivity index (χ1) is 8.78. The second-order valence-electron chi connectivity index (χ2n) is 4.85. The third-order valence-corrected chi connectivity index (χ3v) is 3.43. The molecule has 4 heteroatoms. The summed E-state index contributed by atoms with van der Waals surface area (Å²) in [6.45, 7) is 4.53. The van der Waals surface area contributed by atoms with Gasteiger partial charge in [0.2, 0.25) is 0 Å². The van der Waals surface area contributed by atoms with E-state index in [1.165, 1.54) is 25.0 Å². The molecule has 1 atom stereocenters. The van der Waals surface area contributed by atoms with E-state index in [2.05, 4.69) is 4.90 Å². The highest BCUT2D eigenvalue weighted by Crippen LogP contribution is 2.15. The predicted octanol–water partition coefficient (Wildman–Crippen LogP) is 1.88. The fourth-order valence-corrected chi connectivity index (χ4v) is 2.37. The number of hydrogen-bond donors (Lipinski definition) is 1. The standard InChI is InChI=1S/C14H21FN2O/c15-13-3-5-14(6-4-13)18-9-8-17-7-1-2-12(10-16)11-17/h3-6,12H,1-2,7-11,16H2. The van der Waals surface area contributed by atoms with Crippen LogP contribution in [-0.4, -0.2) is 37.7 Å². The van der Waals surface area contributed by atoms with E-state index in [-0.39, 0.29) is 5.82 Å². The van der Waals surface area contributed by atoms with Crippen molar-refractivity contribution in [3.8, 4) is 5.75 Å². The molecule has 100 valence electrons. The third-order valence-electron chi connectivity index (χ3n) is 3.43. The van der Waals surface area contributed by atoms with Crippen LogP contribution in [0.1, 0.15) is 12.8 Å². The van der Waals surface area contributed by atoms with Gasteiger partial charge in [-0.3, -0.25) is 4.90 Å². The summed E-state index contributed by atoms with van der Waals surface area (Å²) in [4.78, 5) is 2.39. The Kier molecular flexibility index (Phi) is 4.96. The molecule has 0 radical (unpaired) electrons. The second kappa shape index (κ2) is 6.71. The van der Waals surface area contributed by atoms with Crippen LogP contribution >= 0.6 is 0 Å². The number of nitrogens with two attached hydrogens (primary N) is 1. The van der Waals surface area contributed by atoms with Crippen LogP contribution in [0.3, 0.4) is 0 Å². The molecule has 0 amide bonds. The van der Waals surface area contributed by atoms with Crippen LogP contribution in [-0.2, 0) is 0 Å². The molecule has 0 bridgehead atoms. The van der Waals surface area contributed by atoms with Gasteiger partial charge in [0.25, 0.3) is 0 Å². The Balaban J connectivity index is 1.70. The number of benzene rings is 1. The van der Waals surface area contributed by atoms with Gasteiger partial charge in [-0.1, -0.05) is 0 Å². The molecule has 1 heterocycles. The number of rotatable bonds is 5. The molecule has 3 nitrogen and oxygen atoms in total. The van der Waals surface area contributed by atoms with Gasteiger partial charge >= 0.3 is 0 Å². The molecule has 0 saturated carbocycles. The number of hydrogen-bond acceptors (Lipinski definition) is 3. The van der Waals surface area contributed by atoms with Crippen LogP contribution in [0.25, 0.3) is 0 Å². The zero-order valence-corrected chi connectivity index (χ0v) is 10.6. The van der Waals surface area contributed by atoms with E-state index in [1.54, 1.807) is 12.1 Å². The SMILES string of the molecule is NCC1CCCN(CCOc2ccc(F)cc2)C1. The highest BCUT2D eigenvalue weighted by atomic mass is 19.1. The predicted molar refractivity (Wildman–Crippen MR) is 70.1 cm³/mol. The Bertz CT molecular complexity index is 355. The lowest BCUT2D eigenvalue weighted by molar-refractivity contribution is 0.149. The van der Waals surface area contributed by atoms with Crippen molar-refractivity contribution in [3.05, 3.63) is 30.1 Å². The third kappa shape index (κ3) is 3.96. The second-order valence-corrected chi connectivity index (χ2v) is 4.85. The van der Waals surface area contributed by atoms with Gasteiger partial charge in [-0.2, -0.15) is 0 Å². The maximum absolute atomic E-state index is 12.7. The van der Waals surface area contributed by atoms with Crippen molar-refractivity contribution < 1.29 is 9.13 Å². The molecule has 0 spiro atoms. The summed E-state index contributed by atoms with van der Waals surface area (Å²) in [7, 11) is 0. The molecule has 1 fully saturated rings. The zero-order valence-electron chi connectivity index (χ0n) is 10.6. The van der Waals surface area contributed by atoms with Crippen LogP contribution in [0.5, 0.6) is 5.75 Å². The highest BCUT2D eigenvalue weighted by Gasteiger charge is 2.18. The zero-order chi connectivity index (χ0) is 12.8. The summed E-state index contributed by atoms with van der Waals surface area (Å²) in [6.07, 6.45) is 2.46. The monoisotopic (exact) mass is 252 g/mol. The quantitative estimate of drug-likeness (QED) is 0.869. The molecule has 18 heavy (non-hydrogen) atoms. The van der Waals surface area contributed by atoms with E-state index < -0.39 is 0 Å². The van der Waals surface area contributed by atoms with Crippen molar-refractivity contribution in [2.45, 2.75) is 12.8 Å². The first-order valence-electron chi connectivity index (χ1n) is 6.58. The van der Waals surface area contributed by atoms with Gasteiger partial charge in [-0.25, -0.2) is 4.39 Å². The molecule has 0 aliphatic carbocycles. The Morgan fingerprint density at radius 3 is 2.83 bits per heavy atom. The number of halogens is 1. The maximum atomic E-state index is 12.7. The first kappa shape index (κ1) is 13.3. The average Bonchev–Trinajstić information content (AvgIpc) is 2.41. The van der Waals surface area contributed by atoms with Gasteiger partial charge in [-0.15, -0.1) is 0 Å². The van der Waals surface area contributed by atoms with Crippen LogP contribution in [0.4, 0.5) is 4.39 Å². The van der Waals surface area contributed by atoms with Gasteiger partial charge in [0.1, 0.15) is 18.2 Å². The minimum atomic E-state index is -0.232. The molecule has 0 aromatic heterocycles. The lowest BCUT2D eigenvalue weighted by Crippen LogP contribution is -2.40. The lowest BCUT2D eigenvalue weighted by atomic mass is 9.98. The summed E-state index contributed by atoms with van der Waals surface area (Å²) in [5.74, 6) is 1.12. The normalized spacial score (nSPS) is 20.9. The van der Waals surface area contributed by atoms with Gasteiger partial charge in [-0.05, 0) is 56.1 Å². The smallest absolute Gasteiger partial charge is 0.123 e. The molecule has 2 N–H and O–H groups in total. The molecule has 1 aliphatic heterocycles. The topological polar surface area (TPSA) is 38.5 Å². The Morgan fingerprint density at radius 2 is 2.11 bits per heavy atom. The van der Waals surface area contributed by atoms with Gasteiger partial charge in [0.05, 0.1) is 0 Å². The number of likely N-dealkylation sites (tertiary alicyclic amines) is 1. The van der Waals surface area contributed by atoms with Gasteiger partial charge in [0.15, 0.2) is 0 Å². The largest absolute Gasteiger partial charge is 0.492 e. The molecular formula is C14H21FN2O. The Morgan fingerprint density at radius 1 is 1.33 bits per heavy atom. The molecule has 1 aromatic carbocycles.